The van der Waals surface area contributed by atoms with E-state index in [4.69, 9.17) is 0 Å². The van der Waals surface area contributed by atoms with E-state index in [0.717, 1.165) is 18.6 Å². The zero-order chi connectivity index (χ0) is 8.69. The highest BCUT2D eigenvalue weighted by Crippen LogP contribution is 1.85. The molecule has 0 heterocycles. The summed E-state index contributed by atoms with van der Waals surface area (Å²) < 4.78 is 0. The minimum atomic E-state index is -0.862. The lowest BCUT2D eigenvalue weighted by molar-refractivity contribution is 0.581. The molecule has 0 bridgehead atoms. The fourth-order valence-electron chi connectivity index (χ4n) is 0.865. The molecule has 11 heavy (non-hydrogen) atoms. The summed E-state index contributed by atoms with van der Waals surface area (Å²) in [6, 6.07) is 0. The first-order valence-electron chi connectivity index (χ1n) is 4.26. The first-order chi connectivity index (χ1) is 5.20. The highest BCUT2D eigenvalue weighted by molar-refractivity contribution is 6.53. The van der Waals surface area contributed by atoms with Gasteiger partial charge >= 0.3 is 0 Å². The Bertz CT molecular complexity index is 83.8. The number of hydrogen-bond donors (Lipinski definition) is 3. The molecule has 68 valence electrons. The van der Waals surface area contributed by atoms with Crippen LogP contribution in [0.3, 0.4) is 0 Å². The Kier molecular flexibility index (Phi) is 6.85. The van der Waals surface area contributed by atoms with Gasteiger partial charge in [0, 0.05) is 6.17 Å². The van der Waals surface area contributed by atoms with E-state index >= 15 is 0 Å². The average Bonchev–Trinajstić information content (AvgIpc) is 1.98. The van der Waals surface area contributed by atoms with Crippen LogP contribution >= 0.6 is 0 Å². The van der Waals surface area contributed by atoms with E-state index in [0.29, 0.717) is 0 Å². The van der Waals surface area contributed by atoms with Crippen LogP contribution in [0, 0.1) is 5.92 Å². The van der Waals surface area contributed by atoms with Gasteiger partial charge in [-0.3, -0.25) is 0 Å². The van der Waals surface area contributed by atoms with Gasteiger partial charge in [-0.05, 0) is 26.6 Å². The van der Waals surface area contributed by atoms with Crippen LogP contribution in [0.15, 0.2) is 0 Å². The smallest absolute Gasteiger partial charge is 0.198 e. The highest BCUT2D eigenvalue weighted by atomic mass is 28.3. The van der Waals surface area contributed by atoms with E-state index in [1.807, 2.05) is 14.1 Å². The molecule has 0 aromatic heterocycles. The van der Waals surface area contributed by atoms with Crippen LogP contribution in [0.5, 0.6) is 0 Å². The largest absolute Gasteiger partial charge is 0.330 e. The van der Waals surface area contributed by atoms with Crippen LogP contribution in [0.2, 0.25) is 0 Å². The number of nitrogens with one attached hydrogen (secondary N) is 3. The molecular weight excluding hydrogens is 154 g/mol. The van der Waals surface area contributed by atoms with Gasteiger partial charge in [-0.25, -0.2) is 0 Å². The maximum absolute atomic E-state index is 3.42. The second kappa shape index (κ2) is 6.79. The topological polar surface area (TPSA) is 36.1 Å². The summed E-state index contributed by atoms with van der Waals surface area (Å²) in [5, 5.41) is 3.42. The quantitative estimate of drug-likeness (QED) is 0.473. The average molecular weight is 175 g/mol. The fraction of sp³-hybridized carbons (Fsp3) is 1.00. The zero-order valence-electron chi connectivity index (χ0n) is 8.07. The standard InChI is InChI=1S/C7H21N3Si/c1-7(2)5-10-6-11(8-3)9-4/h7-11H,5-6H2,1-4H3. The molecule has 3 N–H and O–H groups in total. The minimum absolute atomic E-state index is 0.748. The molecule has 0 aliphatic heterocycles. The van der Waals surface area contributed by atoms with Gasteiger partial charge in [0.15, 0.2) is 9.12 Å². The van der Waals surface area contributed by atoms with Gasteiger partial charge in [0.25, 0.3) is 0 Å². The molecule has 3 nitrogen and oxygen atoms in total. The third kappa shape index (κ3) is 6.49. The monoisotopic (exact) mass is 175 g/mol. The van der Waals surface area contributed by atoms with E-state index in [2.05, 4.69) is 29.1 Å². The Morgan fingerprint density at radius 2 is 1.73 bits per heavy atom. The van der Waals surface area contributed by atoms with Crippen LogP contribution in [-0.2, 0) is 0 Å². The summed E-state index contributed by atoms with van der Waals surface area (Å²) >= 11 is 0. The lowest BCUT2D eigenvalue weighted by Crippen LogP contribution is -2.51. The van der Waals surface area contributed by atoms with Crippen molar-refractivity contribution in [3.63, 3.8) is 0 Å². The van der Waals surface area contributed by atoms with Crippen molar-refractivity contribution in [3.8, 4) is 0 Å². The first-order valence-corrected chi connectivity index (χ1v) is 6.23. The molecule has 0 saturated heterocycles. The van der Waals surface area contributed by atoms with Gasteiger partial charge in [0.05, 0.1) is 0 Å². The molecule has 0 rings (SSSR count). The molecule has 0 unspecified atom stereocenters. The molecule has 0 aliphatic carbocycles. The van der Waals surface area contributed by atoms with E-state index in [-0.39, 0.29) is 0 Å². The lowest BCUT2D eigenvalue weighted by atomic mass is 10.2. The van der Waals surface area contributed by atoms with E-state index in [9.17, 15) is 0 Å². The lowest BCUT2D eigenvalue weighted by Gasteiger charge is -2.14. The molecule has 0 saturated carbocycles. The van der Waals surface area contributed by atoms with E-state index in [1.165, 1.54) is 0 Å². The first kappa shape index (κ1) is 11.1. The summed E-state index contributed by atoms with van der Waals surface area (Å²) in [5.74, 6) is 0.748. The number of rotatable bonds is 6. The van der Waals surface area contributed by atoms with Crippen LogP contribution < -0.4 is 15.3 Å². The van der Waals surface area contributed by atoms with Crippen molar-refractivity contribution in [2.75, 3.05) is 26.8 Å². The van der Waals surface area contributed by atoms with Crippen LogP contribution in [0.1, 0.15) is 13.8 Å². The van der Waals surface area contributed by atoms with Gasteiger partial charge in [-0.1, -0.05) is 13.8 Å². The van der Waals surface area contributed by atoms with Crippen LogP contribution in [0.25, 0.3) is 0 Å². The molecule has 0 atom stereocenters. The maximum Gasteiger partial charge on any atom is 0.198 e. The second-order valence-electron chi connectivity index (χ2n) is 3.18. The molecule has 0 aliphatic rings. The Morgan fingerprint density at radius 1 is 1.18 bits per heavy atom. The summed E-state index contributed by atoms with van der Waals surface area (Å²) in [6.07, 6.45) is 1.12. The van der Waals surface area contributed by atoms with Gasteiger partial charge in [0.1, 0.15) is 0 Å². The Labute approximate surface area is 71.7 Å². The van der Waals surface area contributed by atoms with Gasteiger partial charge in [-0.15, -0.1) is 0 Å². The van der Waals surface area contributed by atoms with Crippen molar-refractivity contribution in [1.29, 1.82) is 0 Å². The van der Waals surface area contributed by atoms with Crippen molar-refractivity contribution in [2.24, 2.45) is 5.92 Å². The summed E-state index contributed by atoms with van der Waals surface area (Å²) in [5.41, 5.74) is 0. The van der Waals surface area contributed by atoms with E-state index < -0.39 is 9.12 Å². The van der Waals surface area contributed by atoms with Crippen molar-refractivity contribution >= 4 is 9.12 Å². The molecule has 0 radical (unpaired) electrons. The molecule has 0 fully saturated rings. The Balaban J connectivity index is 3.21. The predicted molar refractivity (Wildman–Crippen MR) is 53.0 cm³/mol. The molecule has 0 aromatic carbocycles. The van der Waals surface area contributed by atoms with Gasteiger partial charge in [-0.2, -0.15) is 0 Å². The van der Waals surface area contributed by atoms with Gasteiger partial charge in [0.2, 0.25) is 0 Å². The molecule has 0 aromatic rings. The van der Waals surface area contributed by atoms with Crippen LogP contribution in [-0.4, -0.2) is 35.9 Å². The molecule has 4 heteroatoms. The van der Waals surface area contributed by atoms with Crippen LogP contribution in [0.4, 0.5) is 0 Å². The van der Waals surface area contributed by atoms with Crippen molar-refractivity contribution < 1.29 is 0 Å². The normalized spacial score (nSPS) is 11.5. The molecule has 0 spiro atoms. The van der Waals surface area contributed by atoms with Gasteiger partial charge < -0.3 is 15.3 Å². The molecular formula is C7H21N3Si. The highest BCUT2D eigenvalue weighted by Gasteiger charge is 2.03. The maximum atomic E-state index is 3.42. The number of hydrogen-bond acceptors (Lipinski definition) is 3. The summed E-state index contributed by atoms with van der Waals surface area (Å²) in [6.45, 7) is 5.57. The fourth-order valence-corrected chi connectivity index (χ4v) is 2.02. The minimum Gasteiger partial charge on any atom is -0.330 e. The predicted octanol–water partition coefficient (Wildman–Crippen LogP) is -0.569. The van der Waals surface area contributed by atoms with E-state index in [1.54, 1.807) is 0 Å². The third-order valence-electron chi connectivity index (χ3n) is 1.60. The molecule has 0 amide bonds. The summed E-state index contributed by atoms with van der Waals surface area (Å²) in [7, 11) is 3.17. The Hall–Kier alpha value is 0.0969. The SMILES string of the molecule is CN[SiH](CNCC(C)C)NC. The Morgan fingerprint density at radius 3 is 2.09 bits per heavy atom. The zero-order valence-corrected chi connectivity index (χ0v) is 9.22. The third-order valence-corrected chi connectivity index (χ3v) is 3.69. The van der Waals surface area contributed by atoms with Crippen molar-refractivity contribution in [1.82, 2.24) is 15.3 Å². The van der Waals surface area contributed by atoms with Crippen molar-refractivity contribution in [2.45, 2.75) is 13.8 Å². The second-order valence-corrected chi connectivity index (χ2v) is 5.85. The van der Waals surface area contributed by atoms with Crippen molar-refractivity contribution in [3.05, 3.63) is 0 Å². The summed E-state index contributed by atoms with van der Waals surface area (Å²) in [4.78, 5) is 6.58.